The smallest absolute Gasteiger partial charge is 0.240 e. The SMILES string of the molecule is CCC(CC)CN(CC)C(=O)[C@@H](N)C(C)(C)C.Cl. The Labute approximate surface area is 119 Å². The highest BCUT2D eigenvalue weighted by Gasteiger charge is 2.30. The van der Waals surface area contributed by atoms with Crippen molar-refractivity contribution in [3.05, 3.63) is 0 Å². The van der Waals surface area contributed by atoms with E-state index in [1.165, 1.54) is 0 Å². The number of rotatable bonds is 6. The Balaban J connectivity index is 0. The van der Waals surface area contributed by atoms with Crippen LogP contribution in [-0.2, 0) is 4.79 Å². The number of amides is 1. The van der Waals surface area contributed by atoms with Gasteiger partial charge in [0.25, 0.3) is 0 Å². The summed E-state index contributed by atoms with van der Waals surface area (Å²) in [4.78, 5) is 14.2. The van der Waals surface area contributed by atoms with Crippen molar-refractivity contribution in [1.82, 2.24) is 4.90 Å². The highest BCUT2D eigenvalue weighted by atomic mass is 35.5. The van der Waals surface area contributed by atoms with E-state index in [0.29, 0.717) is 5.92 Å². The van der Waals surface area contributed by atoms with Crippen LogP contribution in [0.5, 0.6) is 0 Å². The van der Waals surface area contributed by atoms with Crippen molar-refractivity contribution < 1.29 is 4.79 Å². The monoisotopic (exact) mass is 278 g/mol. The summed E-state index contributed by atoms with van der Waals surface area (Å²) >= 11 is 0. The maximum Gasteiger partial charge on any atom is 0.240 e. The van der Waals surface area contributed by atoms with E-state index in [0.717, 1.165) is 25.9 Å². The molecule has 0 rings (SSSR count). The third-order valence-electron chi connectivity index (χ3n) is 3.53. The molecule has 0 aliphatic carbocycles. The lowest BCUT2D eigenvalue weighted by Gasteiger charge is -2.33. The zero-order valence-corrected chi connectivity index (χ0v) is 13.6. The topological polar surface area (TPSA) is 46.3 Å². The highest BCUT2D eigenvalue weighted by molar-refractivity contribution is 5.85. The van der Waals surface area contributed by atoms with Gasteiger partial charge in [-0.2, -0.15) is 0 Å². The van der Waals surface area contributed by atoms with E-state index in [2.05, 4.69) is 13.8 Å². The first-order chi connectivity index (χ1) is 7.77. The van der Waals surface area contributed by atoms with Gasteiger partial charge in [-0.15, -0.1) is 12.4 Å². The fourth-order valence-corrected chi connectivity index (χ4v) is 1.80. The van der Waals surface area contributed by atoms with E-state index in [-0.39, 0.29) is 23.7 Å². The second-order valence-electron chi connectivity index (χ2n) is 5.90. The molecule has 0 unspecified atom stereocenters. The number of carbonyl (C=O) groups excluding carboxylic acids is 1. The van der Waals surface area contributed by atoms with E-state index in [4.69, 9.17) is 5.73 Å². The molecule has 1 atom stereocenters. The Bertz CT molecular complexity index is 234. The molecule has 0 aromatic rings. The summed E-state index contributed by atoms with van der Waals surface area (Å²) in [6, 6.07) is -0.406. The maximum atomic E-state index is 12.3. The van der Waals surface area contributed by atoms with Crippen LogP contribution in [0.25, 0.3) is 0 Å². The van der Waals surface area contributed by atoms with Gasteiger partial charge in [-0.3, -0.25) is 4.79 Å². The maximum absolute atomic E-state index is 12.3. The van der Waals surface area contributed by atoms with Crippen molar-refractivity contribution >= 4 is 18.3 Å². The second kappa shape index (κ2) is 8.76. The molecule has 0 spiro atoms. The normalized spacial score (nSPS) is 13.1. The predicted molar refractivity (Wildman–Crippen MR) is 81.0 cm³/mol. The molecule has 3 nitrogen and oxygen atoms in total. The molecule has 1 amide bonds. The van der Waals surface area contributed by atoms with E-state index in [9.17, 15) is 4.79 Å². The van der Waals surface area contributed by atoms with Gasteiger partial charge in [-0.25, -0.2) is 0 Å². The molecular weight excluding hydrogens is 248 g/mol. The van der Waals surface area contributed by atoms with Crippen molar-refractivity contribution in [3.8, 4) is 0 Å². The van der Waals surface area contributed by atoms with Crippen molar-refractivity contribution in [3.63, 3.8) is 0 Å². The zero-order chi connectivity index (χ0) is 13.6. The number of hydrogen-bond acceptors (Lipinski definition) is 2. The minimum absolute atomic E-state index is 0. The van der Waals surface area contributed by atoms with Crippen LogP contribution >= 0.6 is 12.4 Å². The predicted octanol–water partition coefficient (Wildman–Crippen LogP) is 3.07. The number of hydrogen-bond donors (Lipinski definition) is 1. The van der Waals surface area contributed by atoms with Gasteiger partial charge in [0.1, 0.15) is 0 Å². The summed E-state index contributed by atoms with van der Waals surface area (Å²) in [6.07, 6.45) is 2.23. The van der Waals surface area contributed by atoms with E-state index in [1.54, 1.807) is 0 Å². The number of nitrogens with zero attached hydrogens (tertiary/aromatic N) is 1. The van der Waals surface area contributed by atoms with Gasteiger partial charge in [-0.05, 0) is 18.3 Å². The van der Waals surface area contributed by atoms with Gasteiger partial charge in [0.2, 0.25) is 5.91 Å². The van der Waals surface area contributed by atoms with Crippen LogP contribution in [0.2, 0.25) is 0 Å². The molecule has 0 saturated heterocycles. The molecule has 110 valence electrons. The third kappa shape index (κ3) is 6.05. The van der Waals surface area contributed by atoms with E-state index < -0.39 is 6.04 Å². The molecule has 0 radical (unpaired) electrons. The molecule has 18 heavy (non-hydrogen) atoms. The highest BCUT2D eigenvalue weighted by Crippen LogP contribution is 2.20. The van der Waals surface area contributed by atoms with Gasteiger partial charge in [0.15, 0.2) is 0 Å². The lowest BCUT2D eigenvalue weighted by Crippen LogP contribution is -2.51. The number of halogens is 1. The number of carbonyl (C=O) groups is 1. The van der Waals surface area contributed by atoms with Crippen molar-refractivity contribution in [1.29, 1.82) is 0 Å². The lowest BCUT2D eigenvalue weighted by atomic mass is 9.86. The minimum atomic E-state index is -0.406. The first kappa shape index (κ1) is 20.0. The largest absolute Gasteiger partial charge is 0.341 e. The van der Waals surface area contributed by atoms with Gasteiger partial charge >= 0.3 is 0 Å². The van der Waals surface area contributed by atoms with Gasteiger partial charge < -0.3 is 10.6 Å². The molecule has 0 bridgehead atoms. The van der Waals surface area contributed by atoms with Crippen LogP contribution in [0.1, 0.15) is 54.4 Å². The number of likely N-dealkylation sites (N-methyl/N-ethyl adjacent to an activating group) is 1. The summed E-state index contributed by atoms with van der Waals surface area (Å²) < 4.78 is 0. The molecule has 4 heteroatoms. The standard InChI is InChI=1S/C14H30N2O.ClH/c1-7-11(8-2)10-16(9-3)13(17)12(15)14(4,5)6;/h11-12H,7-10,15H2,1-6H3;1H/t12-;/m1./s1. The van der Waals surface area contributed by atoms with Crippen LogP contribution in [0, 0.1) is 11.3 Å². The van der Waals surface area contributed by atoms with Crippen LogP contribution < -0.4 is 5.73 Å². The molecule has 0 aromatic heterocycles. The van der Waals surface area contributed by atoms with Crippen LogP contribution in [0.3, 0.4) is 0 Å². The molecular formula is C14H31ClN2O. The summed E-state index contributed by atoms with van der Waals surface area (Å²) in [7, 11) is 0. The Morgan fingerprint density at radius 2 is 1.61 bits per heavy atom. The molecule has 0 heterocycles. The number of nitrogens with two attached hydrogens (primary N) is 1. The van der Waals surface area contributed by atoms with Crippen LogP contribution in [-0.4, -0.2) is 29.9 Å². The molecule has 0 saturated carbocycles. The van der Waals surface area contributed by atoms with Crippen LogP contribution in [0.15, 0.2) is 0 Å². The van der Waals surface area contributed by atoms with Crippen LogP contribution in [0.4, 0.5) is 0 Å². The molecule has 0 fully saturated rings. The summed E-state index contributed by atoms with van der Waals surface area (Å²) in [5, 5.41) is 0. The first-order valence-electron chi connectivity index (χ1n) is 6.82. The van der Waals surface area contributed by atoms with Gasteiger partial charge in [0, 0.05) is 13.1 Å². The second-order valence-corrected chi connectivity index (χ2v) is 5.90. The van der Waals surface area contributed by atoms with Crippen molar-refractivity contribution in [2.75, 3.05) is 13.1 Å². The summed E-state index contributed by atoms with van der Waals surface area (Å²) in [6.45, 7) is 14.0. The molecule has 2 N–H and O–H groups in total. The fraction of sp³-hybridized carbons (Fsp3) is 0.929. The quantitative estimate of drug-likeness (QED) is 0.812. The average Bonchev–Trinajstić information content (AvgIpc) is 2.28. The summed E-state index contributed by atoms with van der Waals surface area (Å²) in [5.74, 6) is 0.679. The van der Waals surface area contributed by atoms with Crippen molar-refractivity contribution in [2.45, 2.75) is 60.4 Å². The first-order valence-corrected chi connectivity index (χ1v) is 6.82. The van der Waals surface area contributed by atoms with Gasteiger partial charge in [0.05, 0.1) is 6.04 Å². The Kier molecular flexibility index (Phi) is 9.75. The van der Waals surface area contributed by atoms with E-state index in [1.807, 2.05) is 32.6 Å². The van der Waals surface area contributed by atoms with E-state index >= 15 is 0 Å². The Morgan fingerprint density at radius 3 is 1.89 bits per heavy atom. The minimum Gasteiger partial charge on any atom is -0.341 e. The fourth-order valence-electron chi connectivity index (χ4n) is 1.80. The average molecular weight is 279 g/mol. The van der Waals surface area contributed by atoms with Gasteiger partial charge in [-0.1, -0.05) is 47.5 Å². The third-order valence-corrected chi connectivity index (χ3v) is 3.53. The summed E-state index contributed by atoms with van der Waals surface area (Å²) in [5.41, 5.74) is 5.87. The molecule has 0 aromatic carbocycles. The Morgan fingerprint density at radius 1 is 1.17 bits per heavy atom. The van der Waals surface area contributed by atoms with Crippen molar-refractivity contribution in [2.24, 2.45) is 17.1 Å². The Hall–Kier alpha value is -0.280. The zero-order valence-electron chi connectivity index (χ0n) is 12.8. The molecule has 0 aliphatic rings. The molecule has 0 aliphatic heterocycles. The lowest BCUT2D eigenvalue weighted by molar-refractivity contribution is -0.135.